The molecule has 1 aromatic heterocycles. The molecule has 2 aromatic carbocycles. The molecule has 1 N–H and O–H groups in total. The summed E-state index contributed by atoms with van der Waals surface area (Å²) in [5.74, 6) is -0.340. The van der Waals surface area contributed by atoms with Crippen LogP contribution in [0.5, 0.6) is 0 Å². The number of carbonyl (C=O) groups is 1. The summed E-state index contributed by atoms with van der Waals surface area (Å²) in [6.45, 7) is 1.72. The van der Waals surface area contributed by atoms with Crippen molar-refractivity contribution in [2.75, 3.05) is 5.32 Å². The van der Waals surface area contributed by atoms with Crippen molar-refractivity contribution in [3.05, 3.63) is 56.6 Å². The third-order valence-corrected chi connectivity index (χ3v) is 5.58. The number of amides is 1. The van der Waals surface area contributed by atoms with Gasteiger partial charge in [0.1, 0.15) is 0 Å². The number of carbonyl (C=O) groups excluding carboxylic acids is 1. The molecule has 10 heteroatoms. The van der Waals surface area contributed by atoms with Crippen LogP contribution in [0, 0.1) is 10.1 Å². The molecule has 3 aromatic rings. The minimum Gasteiger partial charge on any atom is -0.324 e. The lowest BCUT2D eigenvalue weighted by atomic mass is 10.2. The minimum atomic E-state index is -0.547. The van der Waals surface area contributed by atoms with Gasteiger partial charge in [0.2, 0.25) is 5.91 Å². The molecule has 0 fully saturated rings. The number of non-ortho nitro benzene ring substituents is 1. The van der Waals surface area contributed by atoms with Crippen molar-refractivity contribution >= 4 is 63.3 Å². The van der Waals surface area contributed by atoms with E-state index in [4.69, 9.17) is 23.2 Å². The molecule has 0 aliphatic heterocycles. The van der Waals surface area contributed by atoms with Crippen LogP contribution in [0.4, 0.5) is 11.4 Å². The zero-order valence-corrected chi connectivity index (χ0v) is 16.6. The number of nitrogens with zero attached hydrogens (tertiary/aromatic N) is 3. The monoisotopic (exact) mass is 424 g/mol. The number of anilines is 1. The van der Waals surface area contributed by atoms with Gasteiger partial charge in [-0.25, -0.2) is 4.98 Å². The highest BCUT2D eigenvalue weighted by Crippen LogP contribution is 2.30. The molecule has 140 valence electrons. The van der Waals surface area contributed by atoms with Crippen molar-refractivity contribution in [2.24, 2.45) is 7.05 Å². The number of nitrogens with one attached hydrogen (secondary N) is 1. The normalized spacial score (nSPS) is 12.1. The Morgan fingerprint density at radius 1 is 1.30 bits per heavy atom. The highest BCUT2D eigenvalue weighted by Gasteiger charge is 2.20. The van der Waals surface area contributed by atoms with Crippen LogP contribution < -0.4 is 5.32 Å². The van der Waals surface area contributed by atoms with Gasteiger partial charge in [0.15, 0.2) is 5.16 Å². The Kier molecular flexibility index (Phi) is 5.59. The van der Waals surface area contributed by atoms with Crippen LogP contribution in [0.1, 0.15) is 6.92 Å². The fourth-order valence-corrected chi connectivity index (χ4v) is 3.65. The predicted molar refractivity (Wildman–Crippen MR) is 108 cm³/mol. The first-order valence-electron chi connectivity index (χ1n) is 7.79. The highest BCUT2D eigenvalue weighted by molar-refractivity contribution is 8.00. The van der Waals surface area contributed by atoms with E-state index in [1.807, 2.05) is 17.7 Å². The van der Waals surface area contributed by atoms with Gasteiger partial charge in [-0.3, -0.25) is 14.9 Å². The van der Waals surface area contributed by atoms with Crippen molar-refractivity contribution in [1.82, 2.24) is 9.55 Å². The molecule has 7 nitrogen and oxygen atoms in total. The molecule has 0 spiro atoms. The molecular formula is C17H14Cl2N4O3S. The van der Waals surface area contributed by atoms with Crippen molar-refractivity contribution in [1.29, 1.82) is 0 Å². The summed E-state index contributed by atoms with van der Waals surface area (Å²) in [7, 11) is 1.85. The van der Waals surface area contributed by atoms with E-state index < -0.39 is 10.2 Å². The summed E-state index contributed by atoms with van der Waals surface area (Å²) in [6, 6.07) is 9.29. The average molecular weight is 425 g/mol. The number of aromatic nitrogens is 2. The van der Waals surface area contributed by atoms with Crippen molar-refractivity contribution in [3.8, 4) is 0 Å². The molecule has 3 rings (SSSR count). The average Bonchev–Trinajstić information content (AvgIpc) is 2.91. The first-order chi connectivity index (χ1) is 12.8. The van der Waals surface area contributed by atoms with E-state index in [1.165, 1.54) is 30.0 Å². The van der Waals surface area contributed by atoms with Crippen LogP contribution in [0.3, 0.4) is 0 Å². The first kappa shape index (κ1) is 19.5. The number of thioether (sulfide) groups is 1. The first-order valence-corrected chi connectivity index (χ1v) is 9.43. The molecule has 0 radical (unpaired) electrons. The second kappa shape index (κ2) is 7.75. The number of rotatable bonds is 5. The molecule has 0 saturated heterocycles. The maximum Gasteiger partial charge on any atom is 0.271 e. The van der Waals surface area contributed by atoms with Gasteiger partial charge in [-0.2, -0.15) is 0 Å². The second-order valence-electron chi connectivity index (χ2n) is 5.76. The fraction of sp³-hybridized carbons (Fsp3) is 0.176. The van der Waals surface area contributed by atoms with E-state index in [-0.39, 0.29) is 22.3 Å². The van der Waals surface area contributed by atoms with Gasteiger partial charge >= 0.3 is 0 Å². The molecular weight excluding hydrogens is 411 g/mol. The number of halogens is 2. The van der Waals surface area contributed by atoms with Crippen LogP contribution >= 0.6 is 35.0 Å². The lowest BCUT2D eigenvalue weighted by Crippen LogP contribution is -2.23. The number of fused-ring (bicyclic) bond motifs is 1. The van der Waals surface area contributed by atoms with E-state index in [2.05, 4.69) is 10.3 Å². The summed E-state index contributed by atoms with van der Waals surface area (Å²) in [6.07, 6.45) is 0. The summed E-state index contributed by atoms with van der Waals surface area (Å²) in [5.41, 5.74) is 1.68. The summed E-state index contributed by atoms with van der Waals surface area (Å²) in [5, 5.41) is 14.5. The Balaban J connectivity index is 1.78. The van der Waals surface area contributed by atoms with Gasteiger partial charge in [-0.05, 0) is 31.2 Å². The quantitative estimate of drug-likeness (QED) is 0.357. The van der Waals surface area contributed by atoms with Crippen LogP contribution in [0.25, 0.3) is 11.0 Å². The highest BCUT2D eigenvalue weighted by atomic mass is 35.5. The maximum atomic E-state index is 12.5. The van der Waals surface area contributed by atoms with Crippen LogP contribution in [-0.4, -0.2) is 25.6 Å². The molecule has 0 aliphatic rings. The molecule has 0 bridgehead atoms. The lowest BCUT2D eigenvalue weighted by molar-refractivity contribution is -0.384. The zero-order chi connectivity index (χ0) is 19.7. The zero-order valence-electron chi connectivity index (χ0n) is 14.3. The molecule has 0 saturated carbocycles. The van der Waals surface area contributed by atoms with Gasteiger partial charge in [0.25, 0.3) is 5.69 Å². The molecule has 1 unspecified atom stereocenters. The number of hydrogen-bond donors (Lipinski definition) is 1. The molecule has 27 heavy (non-hydrogen) atoms. The number of hydrogen-bond acceptors (Lipinski definition) is 5. The second-order valence-corrected chi connectivity index (χ2v) is 7.91. The van der Waals surface area contributed by atoms with E-state index in [0.717, 1.165) is 11.0 Å². The Bertz CT molecular complexity index is 1050. The maximum absolute atomic E-state index is 12.5. The van der Waals surface area contributed by atoms with E-state index in [9.17, 15) is 14.9 Å². The number of benzene rings is 2. The van der Waals surface area contributed by atoms with Crippen molar-refractivity contribution in [2.45, 2.75) is 17.3 Å². The van der Waals surface area contributed by atoms with Crippen LogP contribution in [0.15, 0.2) is 41.6 Å². The van der Waals surface area contributed by atoms with Crippen molar-refractivity contribution < 1.29 is 9.72 Å². The molecule has 1 heterocycles. The Morgan fingerprint density at radius 3 is 2.74 bits per heavy atom. The SMILES string of the molecule is CC(Sc1nc2cc(Cl)ccc2n1C)C(=O)Nc1cc([N+](=O)[O-])ccc1Cl. The summed E-state index contributed by atoms with van der Waals surface area (Å²) in [4.78, 5) is 27.4. The lowest BCUT2D eigenvalue weighted by Gasteiger charge is -2.12. The van der Waals surface area contributed by atoms with Gasteiger partial charge in [-0.15, -0.1) is 0 Å². The summed E-state index contributed by atoms with van der Waals surface area (Å²) >= 11 is 13.3. The minimum absolute atomic E-state index is 0.151. The van der Waals surface area contributed by atoms with Crippen LogP contribution in [0.2, 0.25) is 10.0 Å². The predicted octanol–water partition coefficient (Wildman–Crippen LogP) is 4.91. The topological polar surface area (TPSA) is 90.1 Å². The van der Waals surface area contributed by atoms with E-state index in [0.29, 0.717) is 10.2 Å². The number of nitro benzene ring substituents is 1. The molecule has 1 atom stereocenters. The largest absolute Gasteiger partial charge is 0.324 e. The van der Waals surface area contributed by atoms with Gasteiger partial charge in [-0.1, -0.05) is 35.0 Å². The standard InChI is InChI=1S/C17H14Cl2N4O3S/c1-9(16(24)20-13-8-11(23(25)26)4-5-12(13)19)27-17-21-14-7-10(18)3-6-15(14)22(17)2/h3-9H,1-2H3,(H,20,24). The number of imidazole rings is 1. The van der Waals surface area contributed by atoms with Gasteiger partial charge < -0.3 is 9.88 Å². The van der Waals surface area contributed by atoms with Crippen LogP contribution in [-0.2, 0) is 11.8 Å². The Morgan fingerprint density at radius 2 is 2.04 bits per heavy atom. The fourth-order valence-electron chi connectivity index (χ4n) is 2.42. The van der Waals surface area contributed by atoms with E-state index in [1.54, 1.807) is 19.1 Å². The smallest absolute Gasteiger partial charge is 0.271 e. The van der Waals surface area contributed by atoms with Gasteiger partial charge in [0, 0.05) is 24.2 Å². The number of nitro groups is 1. The third kappa shape index (κ3) is 4.18. The third-order valence-electron chi connectivity index (χ3n) is 3.87. The molecule has 1 amide bonds. The summed E-state index contributed by atoms with van der Waals surface area (Å²) < 4.78 is 1.88. The molecule has 0 aliphatic carbocycles. The van der Waals surface area contributed by atoms with E-state index >= 15 is 0 Å². The Labute approximate surface area is 168 Å². The van der Waals surface area contributed by atoms with Crippen molar-refractivity contribution in [3.63, 3.8) is 0 Å². The number of aryl methyl sites for hydroxylation is 1. The van der Waals surface area contributed by atoms with Gasteiger partial charge in [0.05, 0.1) is 31.9 Å². The Hall–Kier alpha value is -2.29.